The third-order valence-electron chi connectivity index (χ3n) is 4.69. The molecular formula is C21H28N2O6S. The lowest BCUT2D eigenvalue weighted by molar-refractivity contribution is -0.122. The maximum Gasteiger partial charge on any atom is 0.244 e. The molecule has 0 heterocycles. The molecule has 0 bridgehead atoms. The summed E-state index contributed by atoms with van der Waals surface area (Å²) in [6.45, 7) is 3.35. The van der Waals surface area contributed by atoms with Crippen molar-refractivity contribution in [2.45, 2.75) is 25.9 Å². The van der Waals surface area contributed by atoms with Gasteiger partial charge in [-0.3, -0.25) is 9.10 Å². The molecular weight excluding hydrogens is 408 g/mol. The van der Waals surface area contributed by atoms with Gasteiger partial charge in [-0.2, -0.15) is 0 Å². The molecule has 1 N–H and O–H groups in total. The minimum atomic E-state index is -3.81. The molecule has 0 fully saturated rings. The number of ether oxygens (including phenoxy) is 3. The zero-order valence-electron chi connectivity index (χ0n) is 18.0. The molecule has 0 aromatic heterocycles. The molecule has 2 aromatic carbocycles. The molecule has 1 amide bonds. The topological polar surface area (TPSA) is 94.2 Å². The second-order valence-corrected chi connectivity index (χ2v) is 8.64. The van der Waals surface area contributed by atoms with Gasteiger partial charge in [-0.1, -0.05) is 12.1 Å². The molecule has 0 unspecified atom stereocenters. The first-order chi connectivity index (χ1) is 14.1. The number of nitrogens with one attached hydrogen (secondary N) is 1. The lowest BCUT2D eigenvalue weighted by atomic mass is 10.1. The summed E-state index contributed by atoms with van der Waals surface area (Å²) >= 11 is 0. The Morgan fingerprint density at radius 3 is 2.00 bits per heavy atom. The summed E-state index contributed by atoms with van der Waals surface area (Å²) in [7, 11) is 0.677. The largest absolute Gasteiger partial charge is 0.497 e. The van der Waals surface area contributed by atoms with Crippen LogP contribution in [0.15, 0.2) is 42.5 Å². The van der Waals surface area contributed by atoms with Gasteiger partial charge in [0, 0.05) is 6.07 Å². The summed E-state index contributed by atoms with van der Waals surface area (Å²) < 4.78 is 41.9. The fraction of sp³-hybridized carbons (Fsp3) is 0.381. The summed E-state index contributed by atoms with van der Waals surface area (Å²) in [6.07, 6.45) is 1.04. The number of sulfonamides is 1. The lowest BCUT2D eigenvalue weighted by Crippen LogP contribution is -2.48. The molecule has 8 nitrogen and oxygen atoms in total. The number of hydrogen-bond donors (Lipinski definition) is 1. The standard InChI is InChI=1S/C21H28N2O6S/c1-14(16-7-9-17(27-3)10-8-16)22-21(24)15(2)23(30(6,25)26)19-13-18(28-4)11-12-20(19)29-5/h7-15H,1-6H3,(H,22,24)/t14-,15-/m1/s1. The molecule has 2 aromatic rings. The van der Waals surface area contributed by atoms with Crippen LogP contribution < -0.4 is 23.8 Å². The molecule has 164 valence electrons. The van der Waals surface area contributed by atoms with Crippen molar-refractivity contribution >= 4 is 21.6 Å². The molecule has 0 aliphatic carbocycles. The third-order valence-corrected chi connectivity index (χ3v) is 5.91. The second-order valence-electron chi connectivity index (χ2n) is 6.78. The lowest BCUT2D eigenvalue weighted by Gasteiger charge is -2.30. The van der Waals surface area contributed by atoms with Gasteiger partial charge in [0.1, 0.15) is 23.3 Å². The van der Waals surface area contributed by atoms with E-state index in [4.69, 9.17) is 14.2 Å². The normalized spacial score (nSPS) is 13.1. The number of amides is 1. The van der Waals surface area contributed by atoms with Crippen molar-refractivity contribution in [1.29, 1.82) is 0 Å². The second kappa shape index (κ2) is 9.71. The van der Waals surface area contributed by atoms with Gasteiger partial charge in [0.25, 0.3) is 0 Å². The van der Waals surface area contributed by atoms with Gasteiger partial charge in [0.2, 0.25) is 15.9 Å². The van der Waals surface area contributed by atoms with Crippen LogP contribution in [0.1, 0.15) is 25.5 Å². The molecule has 0 saturated heterocycles. The van der Waals surface area contributed by atoms with Gasteiger partial charge in [-0.25, -0.2) is 8.42 Å². The highest BCUT2D eigenvalue weighted by Gasteiger charge is 2.32. The monoisotopic (exact) mass is 436 g/mol. The number of anilines is 1. The molecule has 2 atom stereocenters. The SMILES string of the molecule is COc1ccc([C@@H](C)NC(=O)[C@@H](C)N(c2cc(OC)ccc2OC)S(C)(=O)=O)cc1. The fourth-order valence-electron chi connectivity index (χ4n) is 3.06. The van der Waals surface area contributed by atoms with E-state index in [1.54, 1.807) is 31.4 Å². The Bertz CT molecular complexity index is 975. The zero-order chi connectivity index (χ0) is 22.5. The van der Waals surface area contributed by atoms with Crippen molar-refractivity contribution in [2.24, 2.45) is 0 Å². The molecule has 9 heteroatoms. The quantitative estimate of drug-likeness (QED) is 0.650. The Hall–Kier alpha value is -2.94. The van der Waals surface area contributed by atoms with Crippen LogP contribution in [0.25, 0.3) is 0 Å². The summed E-state index contributed by atoms with van der Waals surface area (Å²) in [4.78, 5) is 13.0. The molecule has 2 rings (SSSR count). The number of nitrogens with zero attached hydrogens (tertiary/aromatic N) is 1. The first-order valence-electron chi connectivity index (χ1n) is 9.28. The van der Waals surface area contributed by atoms with E-state index < -0.39 is 22.0 Å². The van der Waals surface area contributed by atoms with Crippen molar-refractivity contribution in [3.63, 3.8) is 0 Å². The first-order valence-corrected chi connectivity index (χ1v) is 11.1. The Morgan fingerprint density at radius 2 is 1.50 bits per heavy atom. The summed E-state index contributed by atoms with van der Waals surface area (Å²) in [5, 5.41) is 2.86. The predicted molar refractivity (Wildman–Crippen MR) is 116 cm³/mol. The van der Waals surface area contributed by atoms with E-state index in [2.05, 4.69) is 5.32 Å². The van der Waals surface area contributed by atoms with Crippen molar-refractivity contribution in [1.82, 2.24) is 5.32 Å². The minimum absolute atomic E-state index is 0.221. The van der Waals surface area contributed by atoms with Crippen LogP contribution in [0.5, 0.6) is 17.2 Å². The minimum Gasteiger partial charge on any atom is -0.497 e. The van der Waals surface area contributed by atoms with Gasteiger partial charge >= 0.3 is 0 Å². The van der Waals surface area contributed by atoms with E-state index in [9.17, 15) is 13.2 Å². The van der Waals surface area contributed by atoms with Gasteiger partial charge < -0.3 is 19.5 Å². The average molecular weight is 437 g/mol. The van der Waals surface area contributed by atoms with E-state index in [0.29, 0.717) is 17.2 Å². The van der Waals surface area contributed by atoms with Crippen molar-refractivity contribution in [3.8, 4) is 17.2 Å². The van der Waals surface area contributed by atoms with Crippen LogP contribution in [0, 0.1) is 0 Å². The number of methoxy groups -OCH3 is 3. The third kappa shape index (κ3) is 5.35. The molecule has 0 aliphatic heterocycles. The van der Waals surface area contributed by atoms with Crippen LogP contribution in [0.2, 0.25) is 0 Å². The summed E-state index contributed by atoms with van der Waals surface area (Å²) in [5.74, 6) is 1.01. The van der Waals surface area contributed by atoms with E-state index >= 15 is 0 Å². The van der Waals surface area contributed by atoms with Gasteiger partial charge in [-0.15, -0.1) is 0 Å². The first kappa shape index (κ1) is 23.3. The van der Waals surface area contributed by atoms with E-state index in [-0.39, 0.29) is 11.7 Å². The molecule has 0 radical (unpaired) electrons. The van der Waals surface area contributed by atoms with Crippen LogP contribution in [0.3, 0.4) is 0 Å². The molecule has 30 heavy (non-hydrogen) atoms. The maximum absolute atomic E-state index is 13.0. The van der Waals surface area contributed by atoms with Gasteiger partial charge in [0.05, 0.1) is 39.3 Å². The highest BCUT2D eigenvalue weighted by Crippen LogP contribution is 2.35. The van der Waals surface area contributed by atoms with Crippen LogP contribution >= 0.6 is 0 Å². The number of hydrogen-bond acceptors (Lipinski definition) is 6. The number of carbonyl (C=O) groups is 1. The van der Waals surface area contributed by atoms with Crippen LogP contribution in [-0.2, 0) is 14.8 Å². The molecule has 0 spiro atoms. The summed E-state index contributed by atoms with van der Waals surface area (Å²) in [5.41, 5.74) is 1.08. The molecule has 0 aliphatic rings. The van der Waals surface area contributed by atoms with Crippen molar-refractivity contribution in [2.75, 3.05) is 31.9 Å². The Balaban J connectivity index is 2.33. The highest BCUT2D eigenvalue weighted by atomic mass is 32.2. The van der Waals surface area contributed by atoms with E-state index in [1.165, 1.54) is 27.2 Å². The fourth-order valence-corrected chi connectivity index (χ4v) is 4.23. The number of carbonyl (C=O) groups excluding carboxylic acids is 1. The molecule has 0 saturated carbocycles. The van der Waals surface area contributed by atoms with E-state index in [0.717, 1.165) is 16.1 Å². The maximum atomic E-state index is 13.0. The van der Waals surface area contributed by atoms with Gasteiger partial charge in [-0.05, 0) is 43.7 Å². The summed E-state index contributed by atoms with van der Waals surface area (Å²) in [6, 6.07) is 10.7. The van der Waals surface area contributed by atoms with Gasteiger partial charge in [0.15, 0.2) is 0 Å². The van der Waals surface area contributed by atoms with E-state index in [1.807, 2.05) is 19.1 Å². The Labute approximate surface area is 177 Å². The van der Waals surface area contributed by atoms with Crippen LogP contribution in [-0.4, -0.2) is 48.0 Å². The van der Waals surface area contributed by atoms with Crippen molar-refractivity contribution in [3.05, 3.63) is 48.0 Å². The number of benzene rings is 2. The number of rotatable bonds is 9. The van der Waals surface area contributed by atoms with Crippen LogP contribution in [0.4, 0.5) is 5.69 Å². The smallest absolute Gasteiger partial charge is 0.244 e. The highest BCUT2D eigenvalue weighted by molar-refractivity contribution is 7.92. The Kier molecular flexibility index (Phi) is 7.55. The average Bonchev–Trinajstić information content (AvgIpc) is 2.72. The van der Waals surface area contributed by atoms with Crippen molar-refractivity contribution < 1.29 is 27.4 Å². The predicted octanol–water partition coefficient (Wildman–Crippen LogP) is 2.74. The Morgan fingerprint density at radius 1 is 0.933 bits per heavy atom. The zero-order valence-corrected chi connectivity index (χ0v) is 18.8.